The first-order chi connectivity index (χ1) is 9.83. The fourth-order valence-corrected chi connectivity index (χ4v) is 3.93. The highest BCUT2D eigenvalue weighted by atomic mass is 79.9. The number of anilines is 2. The normalized spacial score (nSPS) is 10.9. The van der Waals surface area contributed by atoms with Crippen LogP contribution in [0.3, 0.4) is 0 Å². The first-order valence-corrected chi connectivity index (χ1v) is 8.26. The Balaban J connectivity index is 2.40. The van der Waals surface area contributed by atoms with Crippen molar-refractivity contribution in [2.75, 3.05) is 10.5 Å². The summed E-state index contributed by atoms with van der Waals surface area (Å²) < 4.78 is 27.4. The van der Waals surface area contributed by atoms with Gasteiger partial charge >= 0.3 is 0 Å². The van der Waals surface area contributed by atoms with Gasteiger partial charge in [-0.25, -0.2) is 8.42 Å². The molecule has 0 radical (unpaired) electrons. The van der Waals surface area contributed by atoms with Gasteiger partial charge in [-0.1, -0.05) is 11.6 Å². The Hall–Kier alpha value is -1.75. The van der Waals surface area contributed by atoms with Gasteiger partial charge in [0.15, 0.2) is 0 Å². The second kappa shape index (κ2) is 5.93. The van der Waals surface area contributed by atoms with E-state index in [9.17, 15) is 8.42 Å². The molecule has 3 N–H and O–H groups in total. The van der Waals surface area contributed by atoms with Crippen LogP contribution in [0, 0.1) is 11.3 Å². The monoisotopic (exact) mass is 385 g/mol. The van der Waals surface area contributed by atoms with Gasteiger partial charge in [-0.15, -0.1) is 0 Å². The summed E-state index contributed by atoms with van der Waals surface area (Å²) in [6.07, 6.45) is 0. The molecule has 5 nitrogen and oxygen atoms in total. The average molecular weight is 387 g/mol. The van der Waals surface area contributed by atoms with E-state index in [1.54, 1.807) is 0 Å². The highest BCUT2D eigenvalue weighted by Gasteiger charge is 2.18. The van der Waals surface area contributed by atoms with Crippen LogP contribution >= 0.6 is 27.5 Å². The molecule has 2 rings (SSSR count). The van der Waals surface area contributed by atoms with E-state index in [4.69, 9.17) is 22.6 Å². The van der Waals surface area contributed by atoms with Crippen LogP contribution in [-0.2, 0) is 10.0 Å². The summed E-state index contributed by atoms with van der Waals surface area (Å²) in [4.78, 5) is 0.0464. The topological polar surface area (TPSA) is 96.0 Å². The summed E-state index contributed by atoms with van der Waals surface area (Å²) in [5.41, 5.74) is 6.46. The van der Waals surface area contributed by atoms with Crippen LogP contribution in [-0.4, -0.2) is 8.42 Å². The molecular formula is C13H9BrClN3O2S. The number of hydrogen-bond donors (Lipinski definition) is 2. The van der Waals surface area contributed by atoms with E-state index in [1.807, 2.05) is 6.07 Å². The first kappa shape index (κ1) is 15.6. The second-order valence-electron chi connectivity index (χ2n) is 4.10. The van der Waals surface area contributed by atoms with Crippen molar-refractivity contribution < 1.29 is 8.42 Å². The summed E-state index contributed by atoms with van der Waals surface area (Å²) in [5.74, 6) is 0. The Bertz CT molecular complexity index is 847. The minimum Gasteiger partial charge on any atom is -0.399 e. The maximum Gasteiger partial charge on any atom is 0.263 e. The predicted molar refractivity (Wildman–Crippen MR) is 85.5 cm³/mol. The van der Waals surface area contributed by atoms with E-state index in [1.165, 1.54) is 36.4 Å². The van der Waals surface area contributed by atoms with Gasteiger partial charge in [0.2, 0.25) is 0 Å². The summed E-state index contributed by atoms with van der Waals surface area (Å²) in [6.45, 7) is 0. The van der Waals surface area contributed by atoms with Crippen molar-refractivity contribution in [3.8, 4) is 6.07 Å². The molecular weight excluding hydrogens is 378 g/mol. The molecule has 0 amide bonds. The minimum atomic E-state index is -3.80. The Kier molecular flexibility index (Phi) is 4.42. The molecule has 0 aliphatic rings. The smallest absolute Gasteiger partial charge is 0.263 e. The Morgan fingerprint density at radius 1 is 1.24 bits per heavy atom. The van der Waals surface area contributed by atoms with E-state index in [0.29, 0.717) is 10.2 Å². The molecule has 0 aliphatic heterocycles. The lowest BCUT2D eigenvalue weighted by atomic mass is 10.2. The SMILES string of the molecule is N#Cc1cc(NS(=O)(=O)c2ccc(N)cc2Br)ccc1Cl. The molecule has 2 aromatic carbocycles. The number of nitrogens with one attached hydrogen (secondary N) is 1. The highest BCUT2D eigenvalue weighted by Crippen LogP contribution is 2.27. The average Bonchev–Trinajstić information content (AvgIpc) is 2.40. The zero-order chi connectivity index (χ0) is 15.6. The van der Waals surface area contributed by atoms with E-state index in [0.717, 1.165) is 0 Å². The third-order valence-electron chi connectivity index (χ3n) is 2.58. The van der Waals surface area contributed by atoms with Gasteiger partial charge in [0.1, 0.15) is 11.0 Å². The summed E-state index contributed by atoms with van der Waals surface area (Å²) >= 11 is 8.97. The van der Waals surface area contributed by atoms with Crippen LogP contribution < -0.4 is 10.5 Å². The summed E-state index contributed by atoms with van der Waals surface area (Å²) in [7, 11) is -3.80. The van der Waals surface area contributed by atoms with Gasteiger partial charge in [0, 0.05) is 10.2 Å². The third kappa shape index (κ3) is 3.47. The molecule has 0 fully saturated rings. The summed E-state index contributed by atoms with van der Waals surface area (Å²) in [5, 5.41) is 9.16. The van der Waals surface area contributed by atoms with Crippen molar-refractivity contribution in [2.45, 2.75) is 4.90 Å². The molecule has 21 heavy (non-hydrogen) atoms. The minimum absolute atomic E-state index is 0.0464. The zero-order valence-corrected chi connectivity index (χ0v) is 13.6. The molecule has 8 heteroatoms. The number of benzene rings is 2. The molecule has 0 unspecified atom stereocenters. The maximum atomic E-state index is 12.3. The third-order valence-corrected chi connectivity index (χ3v) is 5.27. The van der Waals surface area contributed by atoms with E-state index in [-0.39, 0.29) is 21.2 Å². The van der Waals surface area contributed by atoms with E-state index >= 15 is 0 Å². The van der Waals surface area contributed by atoms with Crippen LogP contribution in [0.4, 0.5) is 11.4 Å². The maximum absolute atomic E-state index is 12.3. The molecule has 0 saturated carbocycles. The molecule has 0 atom stereocenters. The lowest BCUT2D eigenvalue weighted by molar-refractivity contribution is 0.601. The number of halogens is 2. The molecule has 0 aromatic heterocycles. The molecule has 0 saturated heterocycles. The lowest BCUT2D eigenvalue weighted by Crippen LogP contribution is -2.13. The van der Waals surface area contributed by atoms with Gasteiger partial charge < -0.3 is 5.73 Å². The molecule has 0 spiro atoms. The summed E-state index contributed by atoms with van der Waals surface area (Å²) in [6, 6.07) is 10.6. The van der Waals surface area contributed by atoms with Gasteiger partial charge in [0.05, 0.1) is 16.3 Å². The number of hydrogen-bond acceptors (Lipinski definition) is 4. The van der Waals surface area contributed by atoms with Crippen molar-refractivity contribution in [1.82, 2.24) is 0 Å². The molecule has 108 valence electrons. The van der Waals surface area contributed by atoms with Crippen LogP contribution in [0.1, 0.15) is 5.56 Å². The van der Waals surface area contributed by atoms with Crippen LogP contribution in [0.2, 0.25) is 5.02 Å². The van der Waals surface area contributed by atoms with Crippen molar-refractivity contribution in [2.24, 2.45) is 0 Å². The largest absolute Gasteiger partial charge is 0.399 e. The van der Waals surface area contributed by atoms with Crippen molar-refractivity contribution in [3.05, 3.63) is 51.5 Å². The van der Waals surface area contributed by atoms with Gasteiger partial charge in [-0.2, -0.15) is 5.26 Å². The van der Waals surface area contributed by atoms with Gasteiger partial charge in [-0.3, -0.25) is 4.72 Å². The molecule has 0 aliphatic carbocycles. The van der Waals surface area contributed by atoms with Crippen LogP contribution in [0.15, 0.2) is 45.8 Å². The Morgan fingerprint density at radius 3 is 2.57 bits per heavy atom. The number of rotatable bonds is 3. The Labute approximate surface area is 135 Å². The fourth-order valence-electron chi connectivity index (χ4n) is 1.62. The zero-order valence-electron chi connectivity index (χ0n) is 10.5. The second-order valence-corrected chi connectivity index (χ2v) is 7.01. The number of nitrogens with two attached hydrogens (primary N) is 1. The molecule has 0 heterocycles. The number of nitrogen functional groups attached to an aromatic ring is 1. The van der Waals surface area contributed by atoms with Crippen molar-refractivity contribution >= 4 is 48.9 Å². The number of nitrogens with zero attached hydrogens (tertiary/aromatic N) is 1. The quantitative estimate of drug-likeness (QED) is 0.791. The van der Waals surface area contributed by atoms with Gasteiger partial charge in [-0.05, 0) is 52.3 Å². The lowest BCUT2D eigenvalue weighted by Gasteiger charge is -2.10. The Morgan fingerprint density at radius 2 is 1.95 bits per heavy atom. The number of nitriles is 1. The fraction of sp³-hybridized carbons (Fsp3) is 0. The first-order valence-electron chi connectivity index (χ1n) is 5.61. The van der Waals surface area contributed by atoms with Crippen molar-refractivity contribution in [1.29, 1.82) is 5.26 Å². The van der Waals surface area contributed by atoms with Gasteiger partial charge in [0.25, 0.3) is 10.0 Å². The molecule has 0 bridgehead atoms. The molecule has 2 aromatic rings. The standard InChI is InChI=1S/C13H9BrClN3O2S/c14-11-6-9(17)1-4-13(11)21(19,20)18-10-2-3-12(15)8(5-10)7-16/h1-6,18H,17H2. The predicted octanol–water partition coefficient (Wildman–Crippen LogP) is 3.36. The van der Waals surface area contributed by atoms with Crippen molar-refractivity contribution in [3.63, 3.8) is 0 Å². The van der Waals surface area contributed by atoms with Crippen LogP contribution in [0.5, 0.6) is 0 Å². The van der Waals surface area contributed by atoms with E-state index in [2.05, 4.69) is 20.7 Å². The van der Waals surface area contributed by atoms with Crippen LogP contribution in [0.25, 0.3) is 0 Å². The van der Waals surface area contributed by atoms with E-state index < -0.39 is 10.0 Å². The number of sulfonamides is 1. The highest BCUT2D eigenvalue weighted by molar-refractivity contribution is 9.10.